The van der Waals surface area contributed by atoms with E-state index in [1.807, 2.05) is 0 Å². The van der Waals surface area contributed by atoms with Crippen LogP contribution in [0.2, 0.25) is 0 Å². The van der Waals surface area contributed by atoms with E-state index in [-0.39, 0.29) is 12.0 Å². The molecular weight excluding hydrogens is 222 g/mol. The minimum absolute atomic E-state index is 0.0518. The van der Waals surface area contributed by atoms with Crippen molar-refractivity contribution in [1.29, 1.82) is 0 Å². The molecule has 5 heteroatoms. The molecule has 1 amide bonds. The molecule has 1 heterocycles. The fourth-order valence-corrected chi connectivity index (χ4v) is 2.88. The monoisotopic (exact) mass is 241 g/mol. The van der Waals surface area contributed by atoms with Gasteiger partial charge in [-0.25, -0.2) is 9.59 Å². The number of hydrogen-bond donors (Lipinski definition) is 1. The van der Waals surface area contributed by atoms with E-state index in [0.29, 0.717) is 0 Å². The zero-order valence-electron chi connectivity index (χ0n) is 10.5. The maximum Gasteiger partial charge on any atom is 0.411 e. The molecule has 17 heavy (non-hydrogen) atoms. The highest BCUT2D eigenvalue weighted by atomic mass is 16.6. The van der Waals surface area contributed by atoms with Crippen molar-refractivity contribution in [3.63, 3.8) is 0 Å². The first-order valence-electron chi connectivity index (χ1n) is 6.04. The number of fused-ring (bicyclic) bond motifs is 2. The van der Waals surface area contributed by atoms with Crippen LogP contribution in [0.4, 0.5) is 4.79 Å². The standard InChI is InChI=1S/C12H19NO4/c1-12(2,3)17-11(16)13-8-5-4-7(6-8)9(13)10(14)15/h7-9H,4-6H2,1-3H3,(H,14,15)/t7-,8?,9-/m0/s1. The molecule has 0 aromatic rings. The molecule has 2 bridgehead atoms. The van der Waals surface area contributed by atoms with Crippen molar-refractivity contribution in [1.82, 2.24) is 4.90 Å². The SMILES string of the molecule is CC(C)(C)OC(=O)N1C2CC[C@@H](C2)[C@H]1C(=O)O. The van der Waals surface area contributed by atoms with Gasteiger partial charge in [0.15, 0.2) is 0 Å². The summed E-state index contributed by atoms with van der Waals surface area (Å²) in [6.07, 6.45) is 2.11. The van der Waals surface area contributed by atoms with E-state index in [9.17, 15) is 14.7 Å². The zero-order valence-corrected chi connectivity index (χ0v) is 10.5. The summed E-state index contributed by atoms with van der Waals surface area (Å²) in [6.45, 7) is 5.36. The van der Waals surface area contributed by atoms with Crippen molar-refractivity contribution in [2.45, 2.75) is 57.7 Å². The molecule has 96 valence electrons. The van der Waals surface area contributed by atoms with Crippen LogP contribution in [0.25, 0.3) is 0 Å². The molecule has 0 aromatic carbocycles. The van der Waals surface area contributed by atoms with E-state index in [0.717, 1.165) is 19.3 Å². The van der Waals surface area contributed by atoms with Gasteiger partial charge >= 0.3 is 12.1 Å². The third-order valence-corrected chi connectivity index (χ3v) is 3.44. The van der Waals surface area contributed by atoms with Crippen molar-refractivity contribution < 1.29 is 19.4 Å². The number of ether oxygens (including phenoxy) is 1. The Balaban J connectivity index is 2.14. The third kappa shape index (κ3) is 2.23. The minimum Gasteiger partial charge on any atom is -0.480 e. The Morgan fingerprint density at radius 1 is 1.29 bits per heavy atom. The number of aliphatic carboxylic acids is 1. The fraction of sp³-hybridized carbons (Fsp3) is 0.833. The molecule has 1 saturated carbocycles. The summed E-state index contributed by atoms with van der Waals surface area (Å²) in [5.41, 5.74) is -0.581. The van der Waals surface area contributed by atoms with E-state index < -0.39 is 23.7 Å². The highest BCUT2D eigenvalue weighted by Gasteiger charge is 2.52. The van der Waals surface area contributed by atoms with E-state index in [1.165, 1.54) is 4.90 Å². The summed E-state index contributed by atoms with van der Waals surface area (Å²) in [5.74, 6) is -0.812. The molecule has 1 saturated heterocycles. The number of carbonyl (C=O) groups excluding carboxylic acids is 1. The summed E-state index contributed by atoms with van der Waals surface area (Å²) in [4.78, 5) is 24.7. The molecule has 0 aromatic heterocycles. The highest BCUT2D eigenvalue weighted by molar-refractivity contribution is 5.82. The van der Waals surface area contributed by atoms with E-state index in [4.69, 9.17) is 4.74 Å². The van der Waals surface area contributed by atoms with Crippen LogP contribution in [0.3, 0.4) is 0 Å². The van der Waals surface area contributed by atoms with Gasteiger partial charge in [0.2, 0.25) is 0 Å². The van der Waals surface area contributed by atoms with Gasteiger partial charge in [-0.2, -0.15) is 0 Å². The Kier molecular flexibility index (Phi) is 2.79. The lowest BCUT2D eigenvalue weighted by atomic mass is 9.99. The van der Waals surface area contributed by atoms with Crippen LogP contribution in [0.15, 0.2) is 0 Å². The minimum atomic E-state index is -0.914. The lowest BCUT2D eigenvalue weighted by Crippen LogP contribution is -2.50. The van der Waals surface area contributed by atoms with Gasteiger partial charge in [0, 0.05) is 6.04 Å². The van der Waals surface area contributed by atoms with Crippen LogP contribution in [-0.4, -0.2) is 39.8 Å². The second-order valence-electron chi connectivity index (χ2n) is 5.90. The fourth-order valence-electron chi connectivity index (χ4n) is 2.88. The molecule has 0 radical (unpaired) electrons. The van der Waals surface area contributed by atoms with Crippen molar-refractivity contribution in [2.24, 2.45) is 5.92 Å². The van der Waals surface area contributed by atoms with Crippen LogP contribution < -0.4 is 0 Å². The third-order valence-electron chi connectivity index (χ3n) is 3.44. The number of nitrogens with zero attached hydrogens (tertiary/aromatic N) is 1. The summed E-state index contributed by atoms with van der Waals surface area (Å²) >= 11 is 0. The smallest absolute Gasteiger partial charge is 0.411 e. The van der Waals surface area contributed by atoms with Gasteiger partial charge in [-0.15, -0.1) is 0 Å². The first kappa shape index (κ1) is 12.2. The maximum atomic E-state index is 12.0. The number of carboxylic acid groups (broad SMARTS) is 1. The molecule has 1 aliphatic carbocycles. The second-order valence-corrected chi connectivity index (χ2v) is 5.90. The van der Waals surface area contributed by atoms with Crippen LogP contribution in [0.5, 0.6) is 0 Å². The predicted octanol–water partition coefficient (Wildman–Crippen LogP) is 1.86. The normalized spacial score (nSPS) is 31.7. The van der Waals surface area contributed by atoms with Gasteiger partial charge in [-0.05, 0) is 46.0 Å². The van der Waals surface area contributed by atoms with Crippen molar-refractivity contribution in [3.05, 3.63) is 0 Å². The summed E-state index contributed by atoms with van der Waals surface area (Å²) in [5, 5.41) is 9.20. The quantitative estimate of drug-likeness (QED) is 0.761. The first-order chi connectivity index (χ1) is 7.79. The van der Waals surface area contributed by atoms with Crippen LogP contribution in [0, 0.1) is 5.92 Å². The molecule has 2 rings (SSSR count). The second kappa shape index (κ2) is 3.89. The number of amides is 1. The highest BCUT2D eigenvalue weighted by Crippen LogP contribution is 2.43. The lowest BCUT2D eigenvalue weighted by Gasteiger charge is -2.34. The van der Waals surface area contributed by atoms with Crippen molar-refractivity contribution >= 4 is 12.1 Å². The van der Waals surface area contributed by atoms with Gasteiger partial charge in [-0.1, -0.05) is 0 Å². The van der Waals surface area contributed by atoms with Gasteiger partial charge < -0.3 is 9.84 Å². The summed E-state index contributed by atoms with van der Waals surface area (Å²) in [6, 6.07) is -0.639. The largest absolute Gasteiger partial charge is 0.480 e. The molecule has 3 atom stereocenters. The lowest BCUT2D eigenvalue weighted by molar-refractivity contribution is -0.144. The molecular formula is C12H19NO4. The molecule has 1 aliphatic heterocycles. The van der Waals surface area contributed by atoms with Crippen LogP contribution in [0.1, 0.15) is 40.0 Å². The molecule has 2 aliphatic rings. The van der Waals surface area contributed by atoms with Crippen molar-refractivity contribution in [2.75, 3.05) is 0 Å². The Morgan fingerprint density at radius 3 is 2.47 bits per heavy atom. The average molecular weight is 241 g/mol. The molecule has 1 N–H and O–H groups in total. The van der Waals surface area contributed by atoms with Crippen LogP contribution >= 0.6 is 0 Å². The summed E-state index contributed by atoms with van der Waals surface area (Å²) < 4.78 is 5.28. The molecule has 1 unspecified atom stereocenters. The predicted molar refractivity (Wildman–Crippen MR) is 60.6 cm³/mol. The Hall–Kier alpha value is -1.26. The number of carboxylic acids is 1. The molecule has 5 nitrogen and oxygen atoms in total. The van der Waals surface area contributed by atoms with E-state index in [2.05, 4.69) is 0 Å². The van der Waals surface area contributed by atoms with Gasteiger partial charge in [0.25, 0.3) is 0 Å². The number of rotatable bonds is 1. The Labute approximate surface area is 101 Å². The molecule has 2 fully saturated rings. The number of piperidine rings is 1. The number of likely N-dealkylation sites (tertiary alicyclic amines) is 1. The van der Waals surface area contributed by atoms with Gasteiger partial charge in [-0.3, -0.25) is 4.90 Å². The molecule has 0 spiro atoms. The average Bonchev–Trinajstić information content (AvgIpc) is 2.72. The van der Waals surface area contributed by atoms with E-state index in [1.54, 1.807) is 20.8 Å². The van der Waals surface area contributed by atoms with Crippen LogP contribution in [-0.2, 0) is 9.53 Å². The zero-order chi connectivity index (χ0) is 12.8. The number of carbonyl (C=O) groups is 2. The number of hydrogen-bond acceptors (Lipinski definition) is 3. The van der Waals surface area contributed by atoms with E-state index >= 15 is 0 Å². The maximum absolute atomic E-state index is 12.0. The Morgan fingerprint density at radius 2 is 1.94 bits per heavy atom. The van der Waals surface area contributed by atoms with Gasteiger partial charge in [0.05, 0.1) is 0 Å². The van der Waals surface area contributed by atoms with Crippen molar-refractivity contribution in [3.8, 4) is 0 Å². The Bertz CT molecular complexity index is 347. The summed E-state index contributed by atoms with van der Waals surface area (Å²) in [7, 11) is 0. The van der Waals surface area contributed by atoms with Gasteiger partial charge in [0.1, 0.15) is 11.6 Å². The topological polar surface area (TPSA) is 66.8 Å². The first-order valence-corrected chi connectivity index (χ1v) is 6.04.